The third kappa shape index (κ3) is 4.34. The summed E-state index contributed by atoms with van der Waals surface area (Å²) >= 11 is 0. The van der Waals surface area contributed by atoms with E-state index in [2.05, 4.69) is 0 Å². The molecule has 0 heterocycles. The number of hydrogen-bond donors (Lipinski definition) is 0. The van der Waals surface area contributed by atoms with Crippen LogP contribution in [0.15, 0.2) is 146 Å². The number of fused-ring (bicyclic) bond motifs is 1. The first kappa shape index (κ1) is 26.1. The van der Waals surface area contributed by atoms with Crippen LogP contribution >= 0.6 is 14.3 Å². The number of hydrogen-bond acceptors (Lipinski definition) is 2. The fraction of sp³-hybridized carbons (Fsp3) is 0. The van der Waals surface area contributed by atoms with E-state index in [0.29, 0.717) is 42.6 Å². The van der Waals surface area contributed by atoms with E-state index in [0.717, 1.165) is 12.1 Å². The molecule has 40 heavy (non-hydrogen) atoms. The van der Waals surface area contributed by atoms with E-state index in [4.69, 9.17) is 0 Å². The molecule has 0 spiro atoms. The molecule has 6 aromatic carbocycles. The molecular weight excluding hydrogens is 540 g/mol. The summed E-state index contributed by atoms with van der Waals surface area (Å²) < 4.78 is 60.3. The molecule has 196 valence electrons. The van der Waals surface area contributed by atoms with Gasteiger partial charge in [-0.15, -0.1) is 0 Å². The fourth-order valence-electron chi connectivity index (χ4n) is 5.18. The molecule has 0 bridgehead atoms. The highest BCUT2D eigenvalue weighted by molar-refractivity contribution is 7.90. The average molecular weight is 565 g/mol. The Labute approximate surface area is 231 Å². The minimum absolute atomic E-state index is 0.333. The van der Waals surface area contributed by atoms with Gasteiger partial charge in [-0.05, 0) is 35.0 Å². The monoisotopic (exact) mass is 564 g/mol. The molecule has 0 amide bonds. The molecule has 0 saturated carbocycles. The summed E-state index contributed by atoms with van der Waals surface area (Å²) in [7, 11) is -7.34. The predicted molar refractivity (Wildman–Crippen MR) is 163 cm³/mol. The van der Waals surface area contributed by atoms with Gasteiger partial charge in [0.1, 0.15) is 0 Å². The minimum Gasteiger partial charge on any atom is -0.309 e. The Morgan fingerprint density at radius 3 is 0.875 bits per heavy atom. The lowest BCUT2D eigenvalue weighted by molar-refractivity contribution is 0.511. The van der Waals surface area contributed by atoms with Gasteiger partial charge in [0.15, 0.2) is 25.9 Å². The number of benzene rings is 6. The molecule has 0 atom stereocenters. The van der Waals surface area contributed by atoms with Crippen molar-refractivity contribution in [2.75, 3.05) is 0 Å². The number of halogens is 2. The van der Waals surface area contributed by atoms with Crippen LogP contribution < -0.4 is 31.8 Å². The second-order valence-electron chi connectivity index (χ2n) is 9.52. The van der Waals surface area contributed by atoms with Crippen LogP contribution in [0.2, 0.25) is 0 Å². The summed E-state index contributed by atoms with van der Waals surface area (Å²) in [5, 5.41) is 3.62. The summed E-state index contributed by atoms with van der Waals surface area (Å²) in [6, 6.07) is 41.7. The third-order valence-corrected chi connectivity index (χ3v) is 13.5. The smallest absolute Gasteiger partial charge is 0.171 e. The second-order valence-corrected chi connectivity index (χ2v) is 15.0. The first-order valence-electron chi connectivity index (χ1n) is 12.8. The van der Waals surface area contributed by atoms with Crippen LogP contribution in [0.5, 0.6) is 0 Å². The van der Waals surface area contributed by atoms with Gasteiger partial charge in [0.2, 0.25) is 0 Å². The van der Waals surface area contributed by atoms with Crippen molar-refractivity contribution in [2.24, 2.45) is 0 Å². The molecule has 0 aliphatic heterocycles. The lowest BCUT2D eigenvalue weighted by Gasteiger charge is -2.28. The predicted octanol–water partition coefficient (Wildman–Crippen LogP) is 6.40. The Balaban J connectivity index is 1.81. The first-order chi connectivity index (χ1) is 19.4. The summed E-state index contributed by atoms with van der Waals surface area (Å²) in [4.78, 5) is 0. The van der Waals surface area contributed by atoms with E-state index < -0.39 is 25.9 Å². The van der Waals surface area contributed by atoms with Crippen LogP contribution in [-0.2, 0) is 9.13 Å². The molecule has 0 aliphatic carbocycles. The summed E-state index contributed by atoms with van der Waals surface area (Å²) in [6.45, 7) is 0. The van der Waals surface area contributed by atoms with Crippen molar-refractivity contribution >= 4 is 56.9 Å². The molecule has 6 aromatic rings. The van der Waals surface area contributed by atoms with Crippen molar-refractivity contribution in [3.8, 4) is 0 Å². The molecule has 2 nitrogen and oxygen atoms in total. The van der Waals surface area contributed by atoms with Gasteiger partial charge in [0.25, 0.3) is 0 Å². The van der Waals surface area contributed by atoms with Gasteiger partial charge in [-0.1, -0.05) is 121 Å². The molecule has 0 radical (unpaired) electrons. The zero-order valence-corrected chi connectivity index (χ0v) is 23.1. The van der Waals surface area contributed by atoms with Gasteiger partial charge in [-0.2, -0.15) is 0 Å². The van der Waals surface area contributed by atoms with E-state index in [1.165, 1.54) is 0 Å². The van der Waals surface area contributed by atoms with E-state index in [9.17, 15) is 8.78 Å². The van der Waals surface area contributed by atoms with Crippen molar-refractivity contribution in [3.63, 3.8) is 0 Å². The summed E-state index contributed by atoms with van der Waals surface area (Å²) in [5.41, 5.74) is 0. The Morgan fingerprint density at radius 2 is 0.625 bits per heavy atom. The summed E-state index contributed by atoms with van der Waals surface area (Å²) in [6.07, 6.45) is 0. The first-order valence-corrected chi connectivity index (χ1v) is 16.2. The highest BCUT2D eigenvalue weighted by atomic mass is 31.2. The second kappa shape index (κ2) is 10.5. The molecular formula is C34H24F2O2P2. The topological polar surface area (TPSA) is 34.1 Å². The maximum Gasteiger partial charge on any atom is 0.171 e. The van der Waals surface area contributed by atoms with Crippen LogP contribution in [-0.4, -0.2) is 0 Å². The highest BCUT2D eigenvalue weighted by Crippen LogP contribution is 2.49. The largest absolute Gasteiger partial charge is 0.309 e. The lowest BCUT2D eigenvalue weighted by atomic mass is 10.1. The normalized spacial score (nSPS) is 11.9. The SMILES string of the molecule is O=P(c1ccccc1)(c1ccccc1)c1cc2cc(F)c(F)cc2cc1P(=O)(c1ccccc1)c1ccccc1. The van der Waals surface area contributed by atoms with Gasteiger partial charge in [-0.25, -0.2) is 8.78 Å². The zero-order chi connectivity index (χ0) is 27.7. The molecule has 0 aliphatic rings. The van der Waals surface area contributed by atoms with Gasteiger partial charge < -0.3 is 9.13 Å². The Bertz CT molecular complexity index is 1680. The molecule has 0 unspecified atom stereocenters. The number of rotatable bonds is 6. The quantitative estimate of drug-likeness (QED) is 0.220. The van der Waals surface area contributed by atoms with E-state index in [1.54, 1.807) is 60.7 Å². The molecule has 0 saturated heterocycles. The third-order valence-electron chi connectivity index (χ3n) is 7.13. The standard InChI is InChI=1S/C34H24F2O2P2/c35-31-21-25-23-33(39(37,27-13-5-1-6-14-27)28-15-7-2-8-16-28)34(24-26(25)22-32(31)36)40(38,29-17-9-3-10-18-29)30-19-11-4-12-20-30/h1-24H. The minimum atomic E-state index is -3.67. The maximum absolute atomic E-state index is 15.7. The molecule has 6 rings (SSSR count). The summed E-state index contributed by atoms with van der Waals surface area (Å²) in [5.74, 6) is -2.01. The van der Waals surface area contributed by atoms with Crippen LogP contribution in [0.1, 0.15) is 0 Å². The van der Waals surface area contributed by atoms with Crippen LogP contribution in [0.3, 0.4) is 0 Å². The lowest BCUT2D eigenvalue weighted by Crippen LogP contribution is -2.38. The van der Waals surface area contributed by atoms with E-state index >= 15 is 9.13 Å². The Hall–Kier alpha value is -4.10. The van der Waals surface area contributed by atoms with Gasteiger partial charge in [-0.3, -0.25) is 0 Å². The Morgan fingerprint density at radius 1 is 0.375 bits per heavy atom. The molecule has 0 N–H and O–H groups in total. The Kier molecular flexibility index (Phi) is 6.84. The van der Waals surface area contributed by atoms with Crippen molar-refractivity contribution in [3.05, 3.63) is 157 Å². The highest BCUT2D eigenvalue weighted by Gasteiger charge is 2.40. The van der Waals surface area contributed by atoms with Gasteiger partial charge in [0, 0.05) is 31.8 Å². The van der Waals surface area contributed by atoms with Crippen LogP contribution in [0.25, 0.3) is 10.8 Å². The van der Waals surface area contributed by atoms with Crippen molar-refractivity contribution in [1.82, 2.24) is 0 Å². The van der Waals surface area contributed by atoms with Gasteiger partial charge >= 0.3 is 0 Å². The fourth-order valence-corrected chi connectivity index (χ4v) is 11.5. The average Bonchev–Trinajstić information content (AvgIpc) is 3.02. The van der Waals surface area contributed by atoms with Crippen LogP contribution in [0.4, 0.5) is 8.78 Å². The van der Waals surface area contributed by atoms with Crippen molar-refractivity contribution < 1.29 is 17.9 Å². The molecule has 0 fully saturated rings. The van der Waals surface area contributed by atoms with E-state index in [1.807, 2.05) is 72.8 Å². The van der Waals surface area contributed by atoms with Crippen molar-refractivity contribution in [1.29, 1.82) is 0 Å². The molecule has 0 aromatic heterocycles. The zero-order valence-electron chi connectivity index (χ0n) is 21.3. The molecule has 6 heteroatoms. The van der Waals surface area contributed by atoms with Crippen molar-refractivity contribution in [2.45, 2.75) is 0 Å². The van der Waals surface area contributed by atoms with Crippen LogP contribution in [0, 0.1) is 11.6 Å². The van der Waals surface area contributed by atoms with E-state index in [-0.39, 0.29) is 0 Å². The maximum atomic E-state index is 15.7. The van der Waals surface area contributed by atoms with Gasteiger partial charge in [0.05, 0.1) is 0 Å².